The van der Waals surface area contributed by atoms with E-state index in [4.69, 9.17) is 14.2 Å². The summed E-state index contributed by atoms with van der Waals surface area (Å²) in [5, 5.41) is 13.0. The molecule has 3 aromatic rings. The van der Waals surface area contributed by atoms with Gasteiger partial charge >= 0.3 is 0 Å². The van der Waals surface area contributed by atoms with Gasteiger partial charge in [-0.3, -0.25) is 9.80 Å². The second-order valence-electron chi connectivity index (χ2n) is 9.80. The van der Waals surface area contributed by atoms with Crippen molar-refractivity contribution in [3.63, 3.8) is 0 Å². The van der Waals surface area contributed by atoms with Gasteiger partial charge in [-0.15, -0.1) is 5.10 Å². The predicted octanol–water partition coefficient (Wildman–Crippen LogP) is 3.50. The lowest BCUT2D eigenvalue weighted by Gasteiger charge is -2.41. The largest absolute Gasteiger partial charge is 0.494 e. The van der Waals surface area contributed by atoms with Crippen LogP contribution < -0.4 is 14.2 Å². The normalized spacial score (nSPS) is 19.6. The molecule has 3 aliphatic rings. The zero-order chi connectivity index (χ0) is 24.3. The van der Waals surface area contributed by atoms with E-state index in [1.165, 1.54) is 31.2 Å². The number of aromatic nitrogens is 4. The quantitative estimate of drug-likeness (QED) is 0.475. The molecule has 0 radical (unpaired) electrons. The van der Waals surface area contributed by atoms with Gasteiger partial charge in [0.2, 0.25) is 6.79 Å². The van der Waals surface area contributed by atoms with Crippen molar-refractivity contribution in [2.45, 2.75) is 51.2 Å². The van der Waals surface area contributed by atoms with Crippen molar-refractivity contribution >= 4 is 0 Å². The molecule has 2 aliphatic heterocycles. The summed E-state index contributed by atoms with van der Waals surface area (Å²) < 4.78 is 18.7. The summed E-state index contributed by atoms with van der Waals surface area (Å²) >= 11 is 0. The van der Waals surface area contributed by atoms with Crippen LogP contribution in [0, 0.1) is 0 Å². The molecular formula is C27H34N6O3. The Balaban J connectivity index is 1.27. The minimum atomic E-state index is -0.0320. The van der Waals surface area contributed by atoms with Crippen LogP contribution in [0.25, 0.3) is 0 Å². The summed E-state index contributed by atoms with van der Waals surface area (Å²) in [6.45, 7) is 7.64. The fraction of sp³-hybridized carbons (Fsp3) is 0.519. The molecule has 190 valence electrons. The van der Waals surface area contributed by atoms with Crippen LogP contribution >= 0.6 is 0 Å². The van der Waals surface area contributed by atoms with Crippen LogP contribution in [0.3, 0.4) is 0 Å². The van der Waals surface area contributed by atoms with Gasteiger partial charge in [0.05, 0.1) is 19.2 Å². The number of hydrogen-bond donors (Lipinski definition) is 0. The molecule has 2 aromatic carbocycles. The maximum atomic E-state index is 5.70. The van der Waals surface area contributed by atoms with Gasteiger partial charge in [-0.25, -0.2) is 4.68 Å². The molecule has 9 nitrogen and oxygen atoms in total. The molecule has 9 heteroatoms. The number of nitrogens with zero attached hydrogens (tertiary/aromatic N) is 6. The smallest absolute Gasteiger partial charge is 0.231 e. The van der Waals surface area contributed by atoms with E-state index in [1.54, 1.807) is 0 Å². The van der Waals surface area contributed by atoms with Crippen LogP contribution in [0.2, 0.25) is 0 Å². The first-order valence-electron chi connectivity index (χ1n) is 13.1. The Labute approximate surface area is 211 Å². The fourth-order valence-electron chi connectivity index (χ4n) is 5.80. The van der Waals surface area contributed by atoms with Gasteiger partial charge in [-0.05, 0) is 65.6 Å². The van der Waals surface area contributed by atoms with Crippen molar-refractivity contribution in [1.82, 2.24) is 30.0 Å². The van der Waals surface area contributed by atoms with Crippen molar-refractivity contribution in [1.29, 1.82) is 0 Å². The molecule has 0 unspecified atom stereocenters. The molecule has 1 atom stereocenters. The molecule has 3 heterocycles. The van der Waals surface area contributed by atoms with E-state index in [1.807, 2.05) is 41.9 Å². The molecule has 1 aromatic heterocycles. The first-order valence-corrected chi connectivity index (χ1v) is 13.1. The highest BCUT2D eigenvalue weighted by molar-refractivity contribution is 5.44. The third-order valence-corrected chi connectivity index (χ3v) is 7.64. The number of piperazine rings is 1. The van der Waals surface area contributed by atoms with E-state index in [9.17, 15) is 0 Å². The molecule has 1 saturated heterocycles. The first-order chi connectivity index (χ1) is 17.8. The second kappa shape index (κ2) is 10.4. The Hall–Kier alpha value is -3.17. The average molecular weight is 491 g/mol. The fourth-order valence-corrected chi connectivity index (χ4v) is 5.80. The Morgan fingerprint density at radius 1 is 0.972 bits per heavy atom. The molecule has 1 saturated carbocycles. The van der Waals surface area contributed by atoms with Gasteiger partial charge in [0.25, 0.3) is 0 Å². The Bertz CT molecular complexity index is 1150. The molecule has 36 heavy (non-hydrogen) atoms. The molecular weight excluding hydrogens is 456 g/mol. The first kappa shape index (κ1) is 23.2. The number of rotatable bonds is 8. The minimum absolute atomic E-state index is 0.0320. The van der Waals surface area contributed by atoms with Crippen LogP contribution in [-0.2, 0) is 6.54 Å². The SMILES string of the molecule is CCOc1ccc([C@@H](c2nnnn2Cc2ccc3c(c2)OCO3)N2CCN(C3CCCC3)CC2)cc1. The van der Waals surface area contributed by atoms with Gasteiger partial charge < -0.3 is 14.2 Å². The van der Waals surface area contributed by atoms with E-state index < -0.39 is 0 Å². The van der Waals surface area contributed by atoms with Crippen molar-refractivity contribution in [3.8, 4) is 17.2 Å². The molecule has 1 aliphatic carbocycles. The molecule has 2 fully saturated rings. The highest BCUT2D eigenvalue weighted by Crippen LogP contribution is 2.34. The standard InChI is InChI=1S/C27H34N6O3/c1-2-34-23-10-8-21(9-11-23)26(32-15-13-31(14-16-32)22-5-3-4-6-22)27-28-29-30-33(27)18-20-7-12-24-25(17-20)36-19-35-24/h7-12,17,22,26H,2-6,13-16,18-19H2,1H3/t26-/m0/s1. The lowest BCUT2D eigenvalue weighted by molar-refractivity contribution is 0.0771. The van der Waals surface area contributed by atoms with E-state index in [0.29, 0.717) is 13.2 Å². The van der Waals surface area contributed by atoms with Crippen LogP contribution in [-0.4, -0.2) is 75.6 Å². The average Bonchev–Trinajstić information content (AvgIpc) is 3.69. The molecule has 0 amide bonds. The second-order valence-corrected chi connectivity index (χ2v) is 9.80. The van der Waals surface area contributed by atoms with Gasteiger partial charge in [0, 0.05) is 32.2 Å². The molecule has 0 N–H and O–H groups in total. The van der Waals surface area contributed by atoms with Gasteiger partial charge in [-0.2, -0.15) is 0 Å². The number of ether oxygens (including phenoxy) is 3. The summed E-state index contributed by atoms with van der Waals surface area (Å²) in [5.74, 6) is 3.29. The van der Waals surface area contributed by atoms with Crippen LogP contribution in [0.1, 0.15) is 55.6 Å². The number of fused-ring (bicyclic) bond motifs is 1. The maximum Gasteiger partial charge on any atom is 0.231 e. The van der Waals surface area contributed by atoms with Crippen molar-refractivity contribution in [2.24, 2.45) is 0 Å². The third kappa shape index (κ3) is 4.77. The number of benzene rings is 2. The lowest BCUT2D eigenvalue weighted by atomic mass is 10.0. The Kier molecular flexibility index (Phi) is 6.74. The monoisotopic (exact) mass is 490 g/mol. The minimum Gasteiger partial charge on any atom is -0.494 e. The van der Waals surface area contributed by atoms with Crippen molar-refractivity contribution < 1.29 is 14.2 Å². The molecule has 6 rings (SSSR count). The summed E-state index contributed by atoms with van der Waals surface area (Å²) in [5.41, 5.74) is 2.25. The highest BCUT2D eigenvalue weighted by atomic mass is 16.7. The van der Waals surface area contributed by atoms with Crippen LogP contribution in [0.5, 0.6) is 17.2 Å². The molecule has 0 spiro atoms. The maximum absolute atomic E-state index is 5.70. The number of hydrogen-bond acceptors (Lipinski definition) is 8. The van der Waals surface area contributed by atoms with Gasteiger partial charge in [-0.1, -0.05) is 31.0 Å². The Morgan fingerprint density at radius 3 is 2.53 bits per heavy atom. The van der Waals surface area contributed by atoms with E-state index in [2.05, 4.69) is 37.5 Å². The van der Waals surface area contributed by atoms with Crippen LogP contribution in [0.15, 0.2) is 42.5 Å². The third-order valence-electron chi connectivity index (χ3n) is 7.64. The summed E-state index contributed by atoms with van der Waals surface area (Å²) in [7, 11) is 0. The summed E-state index contributed by atoms with van der Waals surface area (Å²) in [6.07, 6.45) is 5.43. The topological polar surface area (TPSA) is 77.8 Å². The number of tetrazole rings is 1. The van der Waals surface area contributed by atoms with Gasteiger partial charge in [0.15, 0.2) is 17.3 Å². The lowest BCUT2D eigenvalue weighted by Crippen LogP contribution is -2.51. The zero-order valence-corrected chi connectivity index (χ0v) is 20.9. The Morgan fingerprint density at radius 2 is 1.75 bits per heavy atom. The highest BCUT2D eigenvalue weighted by Gasteiger charge is 2.33. The van der Waals surface area contributed by atoms with E-state index >= 15 is 0 Å². The van der Waals surface area contributed by atoms with E-state index in [0.717, 1.165) is 60.9 Å². The van der Waals surface area contributed by atoms with Crippen molar-refractivity contribution in [3.05, 3.63) is 59.4 Å². The van der Waals surface area contributed by atoms with Crippen LogP contribution in [0.4, 0.5) is 0 Å². The van der Waals surface area contributed by atoms with E-state index in [-0.39, 0.29) is 12.8 Å². The van der Waals surface area contributed by atoms with Gasteiger partial charge in [0.1, 0.15) is 5.75 Å². The zero-order valence-electron chi connectivity index (χ0n) is 20.9. The van der Waals surface area contributed by atoms with Crippen molar-refractivity contribution in [2.75, 3.05) is 39.6 Å². The molecule has 0 bridgehead atoms. The summed E-state index contributed by atoms with van der Waals surface area (Å²) in [4.78, 5) is 5.22. The summed E-state index contributed by atoms with van der Waals surface area (Å²) in [6, 6.07) is 15.1. The predicted molar refractivity (Wildman–Crippen MR) is 134 cm³/mol.